The lowest BCUT2D eigenvalue weighted by atomic mass is 10.3. The van der Waals surface area contributed by atoms with Gasteiger partial charge in [-0.25, -0.2) is 4.98 Å². The van der Waals surface area contributed by atoms with Crippen LogP contribution in [-0.2, 0) is 0 Å². The normalized spacial score (nSPS) is 11.0. The quantitative estimate of drug-likeness (QED) is 0.624. The monoisotopic (exact) mass is 324 g/mol. The van der Waals surface area contributed by atoms with Crippen LogP contribution in [0.15, 0.2) is 53.1 Å². The molecule has 0 aliphatic heterocycles. The maximum Gasteiger partial charge on any atom is 0.292 e. The van der Waals surface area contributed by atoms with Crippen LogP contribution in [0.4, 0.5) is 5.82 Å². The van der Waals surface area contributed by atoms with Crippen molar-refractivity contribution in [3.63, 3.8) is 0 Å². The fraction of sp³-hybridized carbons (Fsp3) is 0.0625. The van der Waals surface area contributed by atoms with Crippen LogP contribution in [0.1, 0.15) is 16.2 Å². The molecular formula is C16H12N4O2S. The lowest BCUT2D eigenvalue weighted by Crippen LogP contribution is -2.14. The van der Waals surface area contributed by atoms with Gasteiger partial charge >= 0.3 is 0 Å². The van der Waals surface area contributed by atoms with Gasteiger partial charge in [0.1, 0.15) is 5.82 Å². The highest BCUT2D eigenvalue weighted by molar-refractivity contribution is 7.20. The SMILES string of the molecule is Cc1cc(NC(=O)c2ccco2)n(-c2nc3ccccc3s2)n1. The van der Waals surface area contributed by atoms with Crippen molar-refractivity contribution in [1.29, 1.82) is 0 Å². The number of hydrogen-bond donors (Lipinski definition) is 1. The molecule has 1 amide bonds. The second kappa shape index (κ2) is 5.36. The Morgan fingerprint density at radius 2 is 2.13 bits per heavy atom. The molecule has 23 heavy (non-hydrogen) atoms. The molecule has 0 aliphatic carbocycles. The molecule has 1 N–H and O–H groups in total. The molecule has 3 aromatic heterocycles. The average Bonchev–Trinajstić information content (AvgIpc) is 3.25. The fourth-order valence-electron chi connectivity index (χ4n) is 2.27. The molecule has 3 heterocycles. The lowest BCUT2D eigenvalue weighted by Gasteiger charge is -2.04. The van der Waals surface area contributed by atoms with Crippen LogP contribution in [0.2, 0.25) is 0 Å². The van der Waals surface area contributed by atoms with Crippen molar-refractivity contribution in [3.8, 4) is 5.13 Å². The van der Waals surface area contributed by atoms with E-state index in [0.29, 0.717) is 10.9 Å². The predicted octanol–water partition coefficient (Wildman–Crippen LogP) is 3.64. The summed E-state index contributed by atoms with van der Waals surface area (Å²) in [5.74, 6) is 0.486. The number of nitrogens with one attached hydrogen (secondary N) is 1. The topological polar surface area (TPSA) is 73.0 Å². The number of rotatable bonds is 3. The summed E-state index contributed by atoms with van der Waals surface area (Å²) in [5.41, 5.74) is 1.70. The summed E-state index contributed by atoms with van der Waals surface area (Å²) >= 11 is 1.52. The molecule has 0 unspecified atom stereocenters. The molecule has 0 saturated heterocycles. The van der Waals surface area contributed by atoms with Gasteiger partial charge in [0.2, 0.25) is 5.13 Å². The Morgan fingerprint density at radius 1 is 1.26 bits per heavy atom. The summed E-state index contributed by atoms with van der Waals surface area (Å²) in [6.07, 6.45) is 1.46. The van der Waals surface area contributed by atoms with E-state index >= 15 is 0 Å². The van der Waals surface area contributed by atoms with Crippen LogP contribution < -0.4 is 5.32 Å². The molecule has 0 bridgehead atoms. The molecule has 0 atom stereocenters. The van der Waals surface area contributed by atoms with Crippen molar-refractivity contribution in [2.24, 2.45) is 0 Å². The van der Waals surface area contributed by atoms with E-state index in [9.17, 15) is 4.79 Å². The molecule has 1 aromatic carbocycles. The largest absolute Gasteiger partial charge is 0.459 e. The molecular weight excluding hydrogens is 312 g/mol. The Morgan fingerprint density at radius 3 is 2.91 bits per heavy atom. The van der Waals surface area contributed by atoms with E-state index < -0.39 is 0 Å². The van der Waals surface area contributed by atoms with Crippen LogP contribution in [0.5, 0.6) is 0 Å². The zero-order chi connectivity index (χ0) is 15.8. The predicted molar refractivity (Wildman–Crippen MR) is 88.1 cm³/mol. The van der Waals surface area contributed by atoms with E-state index in [2.05, 4.69) is 15.4 Å². The summed E-state index contributed by atoms with van der Waals surface area (Å²) in [4.78, 5) is 16.7. The van der Waals surface area contributed by atoms with E-state index in [4.69, 9.17) is 4.42 Å². The minimum atomic E-state index is -0.322. The first-order chi connectivity index (χ1) is 11.2. The van der Waals surface area contributed by atoms with Crippen molar-refractivity contribution in [2.45, 2.75) is 6.92 Å². The number of amides is 1. The highest BCUT2D eigenvalue weighted by Crippen LogP contribution is 2.27. The Bertz CT molecular complexity index is 952. The molecule has 0 fully saturated rings. The van der Waals surface area contributed by atoms with Gasteiger partial charge < -0.3 is 9.73 Å². The number of carbonyl (C=O) groups is 1. The van der Waals surface area contributed by atoms with E-state index in [1.165, 1.54) is 17.6 Å². The zero-order valence-electron chi connectivity index (χ0n) is 12.2. The Hall–Kier alpha value is -2.93. The standard InChI is InChI=1S/C16H12N4O2S/c1-10-9-14(18-15(21)12-6-4-8-22-12)20(19-10)16-17-11-5-2-3-7-13(11)23-16/h2-9H,1H3,(H,18,21). The van der Waals surface area contributed by atoms with Gasteiger partial charge in [0.05, 0.1) is 22.2 Å². The van der Waals surface area contributed by atoms with E-state index in [1.807, 2.05) is 31.2 Å². The van der Waals surface area contributed by atoms with Crippen molar-refractivity contribution in [2.75, 3.05) is 5.32 Å². The first-order valence-corrected chi connectivity index (χ1v) is 7.80. The van der Waals surface area contributed by atoms with E-state index in [-0.39, 0.29) is 11.7 Å². The van der Waals surface area contributed by atoms with Gasteiger partial charge in [0, 0.05) is 6.07 Å². The maximum absolute atomic E-state index is 12.2. The number of hydrogen-bond acceptors (Lipinski definition) is 5. The molecule has 114 valence electrons. The van der Waals surface area contributed by atoms with Gasteiger partial charge in [-0.15, -0.1) is 0 Å². The number of nitrogens with zero attached hydrogens (tertiary/aromatic N) is 3. The highest BCUT2D eigenvalue weighted by Gasteiger charge is 2.16. The van der Waals surface area contributed by atoms with E-state index in [0.717, 1.165) is 15.9 Å². The van der Waals surface area contributed by atoms with Crippen LogP contribution in [0, 0.1) is 6.92 Å². The minimum Gasteiger partial charge on any atom is -0.459 e. The summed E-state index contributed by atoms with van der Waals surface area (Å²) in [7, 11) is 0. The zero-order valence-corrected chi connectivity index (χ0v) is 13.0. The molecule has 0 saturated carbocycles. The third-order valence-corrected chi connectivity index (χ3v) is 4.29. The van der Waals surface area contributed by atoms with Crippen molar-refractivity contribution < 1.29 is 9.21 Å². The number of benzene rings is 1. The maximum atomic E-state index is 12.2. The number of anilines is 1. The molecule has 4 aromatic rings. The number of para-hydroxylation sites is 1. The van der Waals surface area contributed by atoms with Crippen LogP contribution in [-0.4, -0.2) is 20.7 Å². The second-order valence-electron chi connectivity index (χ2n) is 4.98. The van der Waals surface area contributed by atoms with Crippen LogP contribution >= 0.6 is 11.3 Å². The van der Waals surface area contributed by atoms with E-state index in [1.54, 1.807) is 22.9 Å². The lowest BCUT2D eigenvalue weighted by molar-refractivity contribution is 0.0996. The summed E-state index contributed by atoms with van der Waals surface area (Å²) in [6, 6.07) is 13.0. The van der Waals surface area contributed by atoms with Gasteiger partial charge in [-0.3, -0.25) is 4.79 Å². The summed E-state index contributed by atoms with van der Waals surface area (Å²) < 4.78 is 7.82. The highest BCUT2D eigenvalue weighted by atomic mass is 32.1. The molecule has 6 nitrogen and oxygen atoms in total. The second-order valence-corrected chi connectivity index (χ2v) is 5.99. The van der Waals surface area contributed by atoms with Crippen molar-refractivity contribution >= 4 is 33.3 Å². The smallest absolute Gasteiger partial charge is 0.292 e. The van der Waals surface area contributed by atoms with Crippen LogP contribution in [0.3, 0.4) is 0 Å². The minimum absolute atomic E-state index is 0.250. The number of fused-ring (bicyclic) bond motifs is 1. The molecule has 4 rings (SSSR count). The average molecular weight is 324 g/mol. The number of aryl methyl sites for hydroxylation is 1. The van der Waals surface area contributed by atoms with Crippen LogP contribution in [0.25, 0.3) is 15.3 Å². The van der Waals surface area contributed by atoms with Gasteiger partial charge in [0.25, 0.3) is 5.91 Å². The Labute approximate surface area is 135 Å². The van der Waals surface area contributed by atoms with Crippen molar-refractivity contribution in [1.82, 2.24) is 14.8 Å². The Balaban J connectivity index is 1.73. The molecule has 0 spiro atoms. The first-order valence-electron chi connectivity index (χ1n) is 6.98. The summed E-state index contributed by atoms with van der Waals surface area (Å²) in [6.45, 7) is 1.87. The van der Waals surface area contributed by atoms with Gasteiger partial charge in [-0.05, 0) is 31.2 Å². The third kappa shape index (κ3) is 2.51. The molecule has 7 heteroatoms. The third-order valence-electron chi connectivity index (χ3n) is 3.28. The number of carbonyl (C=O) groups excluding carboxylic acids is 1. The van der Waals surface area contributed by atoms with Gasteiger partial charge in [-0.1, -0.05) is 23.5 Å². The Kier molecular flexibility index (Phi) is 3.20. The van der Waals surface area contributed by atoms with Gasteiger partial charge in [-0.2, -0.15) is 9.78 Å². The summed E-state index contributed by atoms with van der Waals surface area (Å²) in [5, 5.41) is 7.94. The molecule has 0 radical (unpaired) electrons. The number of thiazole rings is 1. The fourth-order valence-corrected chi connectivity index (χ4v) is 3.20. The number of aromatic nitrogens is 3. The van der Waals surface area contributed by atoms with Crippen molar-refractivity contribution in [3.05, 3.63) is 60.2 Å². The molecule has 0 aliphatic rings. The van der Waals surface area contributed by atoms with Gasteiger partial charge in [0.15, 0.2) is 5.76 Å². The number of furan rings is 1. The first kappa shape index (κ1) is 13.7.